The minimum absolute atomic E-state index is 0.245. The molecular formula is C26H24N2O4. The lowest BCUT2D eigenvalue weighted by atomic mass is 9.48. The van der Waals surface area contributed by atoms with Crippen LogP contribution in [0.4, 0.5) is 0 Å². The number of hydrogen-bond donors (Lipinski definition) is 0. The lowest BCUT2D eigenvalue weighted by molar-refractivity contribution is -0.119. The van der Waals surface area contributed by atoms with Gasteiger partial charge in [-0.15, -0.1) is 0 Å². The molecular weight excluding hydrogens is 404 g/mol. The standard InChI is InChI=1S/C26H24N2O4/c1-27-24-22-19(15-9-5-3-6-10-15)17(13-29)21(23(24)25(31)28(2)26(27)32)18(14-30)20(22)16-11-7-4-8-12-16/h3-14,17-22H,1-2H3. The van der Waals surface area contributed by atoms with Gasteiger partial charge in [0, 0.05) is 60.9 Å². The van der Waals surface area contributed by atoms with Crippen LogP contribution in [-0.4, -0.2) is 21.7 Å². The molecule has 1 fully saturated rings. The van der Waals surface area contributed by atoms with E-state index in [9.17, 15) is 19.2 Å². The van der Waals surface area contributed by atoms with Crippen molar-refractivity contribution in [2.75, 3.05) is 0 Å². The maximum Gasteiger partial charge on any atom is 0.330 e. The largest absolute Gasteiger partial charge is 0.330 e. The number of aldehydes is 2. The van der Waals surface area contributed by atoms with Crippen LogP contribution in [-0.2, 0) is 23.7 Å². The Morgan fingerprint density at radius 2 is 1.12 bits per heavy atom. The van der Waals surface area contributed by atoms with Gasteiger partial charge < -0.3 is 9.59 Å². The predicted octanol–water partition coefficient (Wildman–Crippen LogP) is 2.48. The fraction of sp³-hybridized carbons (Fsp3) is 0.308. The van der Waals surface area contributed by atoms with Gasteiger partial charge in [0.05, 0.1) is 0 Å². The highest BCUT2D eigenvalue weighted by Gasteiger charge is 2.59. The van der Waals surface area contributed by atoms with Gasteiger partial charge >= 0.3 is 5.69 Å². The minimum Gasteiger partial charge on any atom is -0.303 e. The fourth-order valence-corrected chi connectivity index (χ4v) is 6.28. The molecule has 0 N–H and O–H groups in total. The molecule has 32 heavy (non-hydrogen) atoms. The second-order valence-corrected chi connectivity index (χ2v) is 8.86. The normalized spacial score (nSPS) is 28.2. The van der Waals surface area contributed by atoms with Gasteiger partial charge in [0.15, 0.2) is 0 Å². The average Bonchev–Trinajstić information content (AvgIpc) is 2.85. The van der Waals surface area contributed by atoms with Crippen LogP contribution in [0.25, 0.3) is 0 Å². The van der Waals surface area contributed by atoms with Crippen molar-refractivity contribution in [3.05, 3.63) is 104 Å². The summed E-state index contributed by atoms with van der Waals surface area (Å²) in [7, 11) is 3.12. The number of aromatic nitrogens is 2. The van der Waals surface area contributed by atoms with E-state index in [4.69, 9.17) is 0 Å². The Hall–Kier alpha value is -3.54. The van der Waals surface area contributed by atoms with E-state index in [-0.39, 0.29) is 17.8 Å². The Bertz CT molecular complexity index is 1250. The van der Waals surface area contributed by atoms with Crippen LogP contribution in [0.2, 0.25) is 0 Å². The van der Waals surface area contributed by atoms with E-state index in [0.717, 1.165) is 28.3 Å². The molecule has 0 radical (unpaired) electrons. The Morgan fingerprint density at radius 3 is 1.56 bits per heavy atom. The van der Waals surface area contributed by atoms with E-state index >= 15 is 0 Å². The monoisotopic (exact) mass is 428 g/mol. The molecule has 0 amide bonds. The Morgan fingerprint density at radius 1 is 0.656 bits per heavy atom. The molecule has 0 spiro atoms. The van der Waals surface area contributed by atoms with Crippen LogP contribution in [0.1, 0.15) is 46.1 Å². The van der Waals surface area contributed by atoms with Gasteiger partial charge in [0.2, 0.25) is 0 Å². The van der Waals surface area contributed by atoms with E-state index in [1.165, 1.54) is 7.05 Å². The molecule has 162 valence electrons. The third-order valence-electron chi connectivity index (χ3n) is 7.51. The Labute approximate surface area is 185 Å². The zero-order chi connectivity index (χ0) is 22.6. The second kappa shape index (κ2) is 7.55. The van der Waals surface area contributed by atoms with Crippen molar-refractivity contribution in [1.29, 1.82) is 0 Å². The van der Waals surface area contributed by atoms with E-state index in [1.807, 2.05) is 60.7 Å². The van der Waals surface area contributed by atoms with E-state index in [1.54, 1.807) is 11.6 Å². The van der Waals surface area contributed by atoms with Crippen molar-refractivity contribution >= 4 is 12.6 Å². The summed E-state index contributed by atoms with van der Waals surface area (Å²) in [6, 6.07) is 19.5. The molecule has 6 nitrogen and oxygen atoms in total. The summed E-state index contributed by atoms with van der Waals surface area (Å²) in [5.74, 6) is -2.51. The molecule has 2 aromatic carbocycles. The van der Waals surface area contributed by atoms with Crippen LogP contribution in [0.5, 0.6) is 0 Å². The molecule has 3 aliphatic carbocycles. The van der Waals surface area contributed by atoms with Crippen LogP contribution in [0, 0.1) is 11.8 Å². The first-order valence-electron chi connectivity index (χ1n) is 10.8. The molecule has 6 heteroatoms. The van der Waals surface area contributed by atoms with Crippen molar-refractivity contribution in [2.24, 2.45) is 25.9 Å². The molecule has 1 aromatic heterocycles. The summed E-state index contributed by atoms with van der Waals surface area (Å²) >= 11 is 0. The molecule has 3 aliphatic rings. The lowest BCUT2D eigenvalue weighted by Crippen LogP contribution is -2.55. The van der Waals surface area contributed by atoms with Crippen molar-refractivity contribution < 1.29 is 9.59 Å². The molecule has 6 rings (SSSR count). The number of hydrogen-bond acceptors (Lipinski definition) is 4. The highest BCUT2D eigenvalue weighted by molar-refractivity contribution is 5.70. The van der Waals surface area contributed by atoms with Crippen molar-refractivity contribution in [2.45, 2.75) is 23.7 Å². The number of nitrogens with zero attached hydrogens (tertiary/aromatic N) is 2. The summed E-state index contributed by atoms with van der Waals surface area (Å²) < 4.78 is 2.63. The van der Waals surface area contributed by atoms with E-state index < -0.39 is 29.0 Å². The van der Waals surface area contributed by atoms with Gasteiger partial charge in [0.1, 0.15) is 12.6 Å². The quantitative estimate of drug-likeness (QED) is 0.598. The molecule has 1 heterocycles. The highest BCUT2D eigenvalue weighted by Crippen LogP contribution is 2.64. The summed E-state index contributed by atoms with van der Waals surface area (Å²) in [4.78, 5) is 51.2. The van der Waals surface area contributed by atoms with Gasteiger partial charge in [-0.1, -0.05) is 60.7 Å². The molecule has 2 bridgehead atoms. The first kappa shape index (κ1) is 20.4. The Kier molecular flexibility index (Phi) is 4.81. The number of carbonyl (C=O) groups is 2. The average molecular weight is 428 g/mol. The van der Waals surface area contributed by atoms with Crippen molar-refractivity contribution in [3.63, 3.8) is 0 Å². The molecule has 0 aliphatic heterocycles. The van der Waals surface area contributed by atoms with E-state index in [2.05, 4.69) is 0 Å². The maximum atomic E-state index is 13.3. The molecule has 4 unspecified atom stereocenters. The van der Waals surface area contributed by atoms with Gasteiger partial charge in [-0.25, -0.2) is 4.79 Å². The van der Waals surface area contributed by atoms with Gasteiger partial charge in [-0.3, -0.25) is 13.9 Å². The summed E-state index contributed by atoms with van der Waals surface area (Å²) in [5, 5.41) is 0. The predicted molar refractivity (Wildman–Crippen MR) is 120 cm³/mol. The smallest absolute Gasteiger partial charge is 0.303 e. The van der Waals surface area contributed by atoms with Crippen molar-refractivity contribution in [1.82, 2.24) is 9.13 Å². The zero-order valence-corrected chi connectivity index (χ0v) is 17.9. The topological polar surface area (TPSA) is 78.1 Å². The summed E-state index contributed by atoms with van der Waals surface area (Å²) in [5.41, 5.74) is 2.24. The SMILES string of the molecule is Cn1c2c(c(=O)n(C)c1=O)C1C(C=O)C(c3ccccc3)C2C(c2ccccc2)C1C=O. The summed E-state index contributed by atoms with van der Waals surface area (Å²) in [6.07, 6.45) is 1.81. The number of carbonyl (C=O) groups excluding carboxylic acids is 2. The molecule has 1 saturated carbocycles. The van der Waals surface area contributed by atoms with Crippen molar-refractivity contribution in [3.8, 4) is 0 Å². The third-order valence-corrected chi connectivity index (χ3v) is 7.51. The van der Waals surface area contributed by atoms with Gasteiger partial charge in [0.25, 0.3) is 5.56 Å². The van der Waals surface area contributed by atoms with Crippen LogP contribution in [0.15, 0.2) is 70.3 Å². The van der Waals surface area contributed by atoms with Gasteiger partial charge in [-0.05, 0) is 11.1 Å². The number of benzene rings is 2. The third kappa shape index (κ3) is 2.65. The minimum atomic E-state index is -0.592. The van der Waals surface area contributed by atoms with Crippen LogP contribution < -0.4 is 11.2 Å². The highest BCUT2D eigenvalue weighted by atomic mass is 16.2. The zero-order valence-electron chi connectivity index (χ0n) is 17.9. The number of rotatable bonds is 4. The van der Waals surface area contributed by atoms with E-state index in [0.29, 0.717) is 11.3 Å². The van der Waals surface area contributed by atoms with Crippen LogP contribution >= 0.6 is 0 Å². The molecule has 4 atom stereocenters. The maximum absolute atomic E-state index is 13.3. The lowest BCUT2D eigenvalue weighted by Gasteiger charge is -2.55. The fourth-order valence-electron chi connectivity index (χ4n) is 6.28. The Balaban J connectivity index is 1.90. The summed E-state index contributed by atoms with van der Waals surface area (Å²) in [6.45, 7) is 0. The van der Waals surface area contributed by atoms with Crippen LogP contribution in [0.3, 0.4) is 0 Å². The number of fused-ring (bicyclic) bond motifs is 2. The first-order chi connectivity index (χ1) is 15.5. The molecule has 3 aromatic rings. The first-order valence-corrected chi connectivity index (χ1v) is 10.8. The second-order valence-electron chi connectivity index (χ2n) is 8.86. The van der Waals surface area contributed by atoms with Gasteiger partial charge in [-0.2, -0.15) is 0 Å². The molecule has 0 saturated heterocycles.